The summed E-state index contributed by atoms with van der Waals surface area (Å²) in [7, 11) is 5.89. The number of anilines is 1. The van der Waals surface area contributed by atoms with E-state index in [1.807, 2.05) is 6.07 Å². The van der Waals surface area contributed by atoms with Crippen LogP contribution in [0.25, 0.3) is 16.9 Å². The minimum Gasteiger partial charge on any atom is -0.465 e. The van der Waals surface area contributed by atoms with Crippen LogP contribution in [0.15, 0.2) is 46.9 Å². The Labute approximate surface area is 181 Å². The van der Waals surface area contributed by atoms with Crippen LogP contribution in [0.2, 0.25) is 0 Å². The number of benzene rings is 2. The number of para-hydroxylation sites is 1. The Morgan fingerprint density at radius 3 is 2.27 bits per heavy atom. The molecular weight excluding hydrogens is 457 g/mol. The summed E-state index contributed by atoms with van der Waals surface area (Å²) < 4.78 is 25.6. The Morgan fingerprint density at radius 1 is 1.07 bits per heavy atom. The summed E-state index contributed by atoms with van der Waals surface area (Å²) in [6.45, 7) is 0. The number of hydrogen-bond acceptors (Lipinski definition) is 6. The highest BCUT2D eigenvalue weighted by Crippen LogP contribution is 2.40. The van der Waals surface area contributed by atoms with E-state index in [-0.39, 0.29) is 17.0 Å². The Balaban J connectivity index is 2.46. The molecule has 0 aliphatic rings. The molecule has 3 rings (SSSR count). The smallest absolute Gasteiger partial charge is 0.357 e. The van der Waals surface area contributed by atoms with Crippen LogP contribution in [0.1, 0.15) is 20.8 Å². The molecule has 0 radical (unpaired) electrons. The van der Waals surface area contributed by atoms with Gasteiger partial charge in [0.25, 0.3) is 0 Å². The first-order chi connectivity index (χ1) is 14.3. The van der Waals surface area contributed by atoms with Crippen LogP contribution >= 0.6 is 15.9 Å². The molecule has 9 heteroatoms. The first-order valence-corrected chi connectivity index (χ1v) is 9.61. The summed E-state index contributed by atoms with van der Waals surface area (Å²) in [5, 5.41) is 4.56. The number of aromatic nitrogens is 2. The monoisotopic (exact) mass is 475 g/mol. The molecule has 1 heterocycles. The van der Waals surface area contributed by atoms with Gasteiger partial charge in [0.1, 0.15) is 17.1 Å². The van der Waals surface area contributed by atoms with Crippen LogP contribution in [-0.2, 0) is 9.47 Å². The predicted octanol–water partition coefficient (Wildman–Crippen LogP) is 4.08. The average molecular weight is 476 g/mol. The van der Waals surface area contributed by atoms with Crippen LogP contribution in [0, 0.1) is 5.82 Å². The molecule has 0 atom stereocenters. The van der Waals surface area contributed by atoms with Crippen LogP contribution in [0.4, 0.5) is 10.1 Å². The second-order valence-corrected chi connectivity index (χ2v) is 7.33. The maximum absolute atomic E-state index is 14.1. The second-order valence-electron chi connectivity index (χ2n) is 6.48. The van der Waals surface area contributed by atoms with Gasteiger partial charge in [-0.05, 0) is 40.2 Å². The van der Waals surface area contributed by atoms with Gasteiger partial charge in [0.15, 0.2) is 5.69 Å². The molecule has 0 N–H and O–H groups in total. The Morgan fingerprint density at radius 2 is 1.70 bits per heavy atom. The van der Waals surface area contributed by atoms with Crippen molar-refractivity contribution in [3.63, 3.8) is 0 Å². The molecular formula is C21H19BrFN3O4. The zero-order valence-electron chi connectivity index (χ0n) is 16.8. The average Bonchev–Trinajstić information content (AvgIpc) is 3.12. The van der Waals surface area contributed by atoms with Crippen LogP contribution in [0.3, 0.4) is 0 Å². The molecule has 3 aromatic rings. The van der Waals surface area contributed by atoms with Gasteiger partial charge in [0, 0.05) is 29.8 Å². The lowest BCUT2D eigenvalue weighted by molar-refractivity contribution is 0.0549. The van der Waals surface area contributed by atoms with E-state index in [2.05, 4.69) is 21.0 Å². The van der Waals surface area contributed by atoms with Crippen molar-refractivity contribution in [2.75, 3.05) is 33.2 Å². The fraction of sp³-hybridized carbons (Fsp3) is 0.190. The van der Waals surface area contributed by atoms with Gasteiger partial charge in [-0.2, -0.15) is 5.10 Å². The Bertz CT molecular complexity index is 1110. The lowest BCUT2D eigenvalue weighted by atomic mass is 10.0. The lowest BCUT2D eigenvalue weighted by Crippen LogP contribution is -2.15. The van der Waals surface area contributed by atoms with Crippen molar-refractivity contribution < 1.29 is 23.5 Å². The molecule has 0 fully saturated rings. The zero-order valence-corrected chi connectivity index (χ0v) is 18.4. The molecule has 0 spiro atoms. The molecule has 0 saturated carbocycles. The van der Waals surface area contributed by atoms with Crippen molar-refractivity contribution in [3.8, 4) is 16.9 Å². The van der Waals surface area contributed by atoms with Crippen molar-refractivity contribution in [2.24, 2.45) is 0 Å². The third-order valence-electron chi connectivity index (χ3n) is 4.41. The summed E-state index contributed by atoms with van der Waals surface area (Å²) in [6, 6.07) is 11.4. The molecule has 0 unspecified atom stereocenters. The maximum atomic E-state index is 14.1. The molecule has 0 saturated heterocycles. The van der Waals surface area contributed by atoms with Gasteiger partial charge in [-0.1, -0.05) is 18.2 Å². The number of hydrogen-bond donors (Lipinski definition) is 0. The molecule has 0 aliphatic carbocycles. The van der Waals surface area contributed by atoms with E-state index in [9.17, 15) is 14.0 Å². The highest BCUT2D eigenvalue weighted by atomic mass is 79.9. The van der Waals surface area contributed by atoms with Crippen LogP contribution in [-0.4, -0.2) is 50.0 Å². The van der Waals surface area contributed by atoms with Crippen molar-refractivity contribution in [1.29, 1.82) is 0 Å². The van der Waals surface area contributed by atoms with Gasteiger partial charge in [-0.15, -0.1) is 0 Å². The standard InChI is InChI=1S/C21H19BrFN3O4/c1-25(2)15-11-12(23)10-14(22)16(15)18-17(20(27)29-3)19(21(28)30-4)26(24-18)13-8-6-5-7-9-13/h5-11H,1-4H3. The molecule has 2 aromatic carbocycles. The van der Waals surface area contributed by atoms with Crippen molar-refractivity contribution >= 4 is 33.6 Å². The topological polar surface area (TPSA) is 73.7 Å². The van der Waals surface area contributed by atoms with Gasteiger partial charge >= 0.3 is 11.9 Å². The lowest BCUT2D eigenvalue weighted by Gasteiger charge is -2.18. The number of methoxy groups -OCH3 is 2. The quantitative estimate of drug-likeness (QED) is 0.517. The van der Waals surface area contributed by atoms with E-state index in [0.29, 0.717) is 21.4 Å². The fourth-order valence-corrected chi connectivity index (χ4v) is 3.69. The van der Waals surface area contributed by atoms with Crippen LogP contribution in [0.5, 0.6) is 0 Å². The fourth-order valence-electron chi connectivity index (χ4n) is 3.08. The SMILES string of the molecule is COC(=O)c1c(-c2c(Br)cc(F)cc2N(C)C)nn(-c2ccccc2)c1C(=O)OC. The second kappa shape index (κ2) is 8.66. The number of carbonyl (C=O) groups excluding carboxylic acids is 2. The molecule has 0 bridgehead atoms. The van der Waals surface area contributed by atoms with Gasteiger partial charge in [0.05, 0.1) is 19.9 Å². The molecule has 7 nitrogen and oxygen atoms in total. The molecule has 0 aliphatic heterocycles. The van der Waals surface area contributed by atoms with Gasteiger partial charge < -0.3 is 14.4 Å². The number of halogens is 2. The summed E-state index contributed by atoms with van der Waals surface area (Å²) in [5.41, 5.74) is 1.42. The summed E-state index contributed by atoms with van der Waals surface area (Å²) in [5.74, 6) is -2.00. The molecule has 30 heavy (non-hydrogen) atoms. The van der Waals surface area contributed by atoms with Crippen molar-refractivity contribution in [3.05, 3.63) is 64.0 Å². The first kappa shape index (κ1) is 21.5. The number of carbonyl (C=O) groups is 2. The number of ether oxygens (including phenoxy) is 2. The minimum atomic E-state index is -0.770. The highest BCUT2D eigenvalue weighted by Gasteiger charge is 2.33. The normalized spacial score (nSPS) is 10.6. The third kappa shape index (κ3) is 3.80. The first-order valence-electron chi connectivity index (χ1n) is 8.82. The number of esters is 2. The van der Waals surface area contributed by atoms with Crippen molar-refractivity contribution in [2.45, 2.75) is 0 Å². The van der Waals surface area contributed by atoms with Crippen molar-refractivity contribution in [1.82, 2.24) is 9.78 Å². The minimum absolute atomic E-state index is 0.0800. The number of nitrogens with zero attached hydrogens (tertiary/aromatic N) is 3. The van der Waals surface area contributed by atoms with Gasteiger partial charge in [-0.25, -0.2) is 18.7 Å². The van der Waals surface area contributed by atoms with Crippen LogP contribution < -0.4 is 4.90 Å². The molecule has 156 valence electrons. The van der Waals surface area contributed by atoms with E-state index in [1.54, 1.807) is 43.3 Å². The van der Waals surface area contributed by atoms with E-state index in [1.165, 1.54) is 31.0 Å². The molecule has 1 aromatic heterocycles. The summed E-state index contributed by atoms with van der Waals surface area (Å²) >= 11 is 3.37. The largest absolute Gasteiger partial charge is 0.465 e. The van der Waals surface area contributed by atoms with E-state index < -0.39 is 17.8 Å². The highest BCUT2D eigenvalue weighted by molar-refractivity contribution is 9.10. The van der Waals surface area contributed by atoms with Gasteiger partial charge in [-0.3, -0.25) is 0 Å². The predicted molar refractivity (Wildman–Crippen MR) is 114 cm³/mol. The zero-order chi connectivity index (χ0) is 22.0. The van der Waals surface area contributed by atoms with E-state index in [4.69, 9.17) is 9.47 Å². The third-order valence-corrected chi connectivity index (χ3v) is 5.03. The number of rotatable bonds is 5. The Hall–Kier alpha value is -3.20. The molecule has 0 amide bonds. The van der Waals surface area contributed by atoms with E-state index in [0.717, 1.165) is 0 Å². The van der Waals surface area contributed by atoms with E-state index >= 15 is 0 Å². The van der Waals surface area contributed by atoms with Gasteiger partial charge in [0.2, 0.25) is 0 Å². The maximum Gasteiger partial charge on any atom is 0.357 e. The Kier molecular flexibility index (Phi) is 6.21. The summed E-state index contributed by atoms with van der Waals surface area (Å²) in [4.78, 5) is 27.1. The summed E-state index contributed by atoms with van der Waals surface area (Å²) in [6.07, 6.45) is 0.